The summed E-state index contributed by atoms with van der Waals surface area (Å²) in [5.74, 6) is 0. The van der Waals surface area contributed by atoms with Gasteiger partial charge in [0.25, 0.3) is 0 Å². The average molecular weight is 183 g/mol. The maximum Gasteiger partial charge on any atom is 0.0485 e. The fourth-order valence-electron chi connectivity index (χ4n) is 2.30. The van der Waals surface area contributed by atoms with Crippen LogP contribution in [0.1, 0.15) is 11.1 Å². The van der Waals surface area contributed by atoms with Gasteiger partial charge < -0.3 is 4.57 Å². The SMILES string of the molecule is Cc1cc2n(c1)CCc1ccccc1-2. The van der Waals surface area contributed by atoms with Crippen molar-refractivity contribution in [2.45, 2.75) is 19.9 Å². The molecule has 0 bridgehead atoms. The van der Waals surface area contributed by atoms with Crippen LogP contribution in [0.15, 0.2) is 36.5 Å². The second kappa shape index (κ2) is 2.74. The predicted octanol–water partition coefficient (Wildman–Crippen LogP) is 3.02. The van der Waals surface area contributed by atoms with Crippen LogP contribution in [0, 0.1) is 6.92 Å². The molecule has 1 aromatic carbocycles. The molecule has 1 aliphatic rings. The Morgan fingerprint density at radius 1 is 1.21 bits per heavy atom. The second-order valence-electron chi connectivity index (χ2n) is 4.00. The van der Waals surface area contributed by atoms with Crippen molar-refractivity contribution in [2.75, 3.05) is 0 Å². The van der Waals surface area contributed by atoms with Crippen LogP contribution >= 0.6 is 0 Å². The minimum Gasteiger partial charge on any atom is -0.347 e. The summed E-state index contributed by atoms with van der Waals surface area (Å²) in [6, 6.07) is 11.0. The van der Waals surface area contributed by atoms with E-state index in [4.69, 9.17) is 0 Å². The Bertz CT molecular complexity index is 480. The quantitative estimate of drug-likeness (QED) is 0.591. The lowest BCUT2D eigenvalue weighted by atomic mass is 9.99. The Morgan fingerprint density at radius 2 is 2.07 bits per heavy atom. The molecule has 0 radical (unpaired) electrons. The zero-order chi connectivity index (χ0) is 9.54. The van der Waals surface area contributed by atoms with E-state index in [9.17, 15) is 0 Å². The molecule has 14 heavy (non-hydrogen) atoms. The van der Waals surface area contributed by atoms with E-state index in [1.165, 1.54) is 22.4 Å². The van der Waals surface area contributed by atoms with Gasteiger partial charge in [-0.05, 0) is 30.5 Å². The van der Waals surface area contributed by atoms with Gasteiger partial charge in [-0.15, -0.1) is 0 Å². The monoisotopic (exact) mass is 183 g/mol. The van der Waals surface area contributed by atoms with Gasteiger partial charge in [0.15, 0.2) is 0 Å². The Hall–Kier alpha value is -1.50. The van der Waals surface area contributed by atoms with Crippen molar-refractivity contribution < 1.29 is 0 Å². The highest BCUT2D eigenvalue weighted by atomic mass is 15.0. The molecule has 70 valence electrons. The number of nitrogens with zero attached hydrogens (tertiary/aromatic N) is 1. The third-order valence-electron chi connectivity index (χ3n) is 2.95. The lowest BCUT2D eigenvalue weighted by molar-refractivity contribution is 0.688. The summed E-state index contributed by atoms with van der Waals surface area (Å²) in [5.41, 5.74) is 5.63. The topological polar surface area (TPSA) is 4.93 Å². The van der Waals surface area contributed by atoms with E-state index >= 15 is 0 Å². The highest BCUT2D eigenvalue weighted by molar-refractivity contribution is 5.66. The van der Waals surface area contributed by atoms with Gasteiger partial charge in [-0.25, -0.2) is 0 Å². The molecule has 0 aliphatic carbocycles. The first kappa shape index (κ1) is 7.86. The lowest BCUT2D eigenvalue weighted by Crippen LogP contribution is -2.08. The van der Waals surface area contributed by atoms with Crippen molar-refractivity contribution in [2.24, 2.45) is 0 Å². The molecule has 0 spiro atoms. The predicted molar refractivity (Wildman–Crippen MR) is 58.3 cm³/mol. The van der Waals surface area contributed by atoms with Crippen LogP contribution in [0.4, 0.5) is 0 Å². The molecule has 0 saturated heterocycles. The summed E-state index contributed by atoms with van der Waals surface area (Å²) in [6.07, 6.45) is 3.41. The van der Waals surface area contributed by atoms with Crippen molar-refractivity contribution in [3.63, 3.8) is 0 Å². The van der Waals surface area contributed by atoms with Crippen LogP contribution in [-0.4, -0.2) is 4.57 Å². The zero-order valence-corrected chi connectivity index (χ0v) is 8.33. The van der Waals surface area contributed by atoms with Crippen molar-refractivity contribution in [1.82, 2.24) is 4.57 Å². The van der Waals surface area contributed by atoms with Gasteiger partial charge in [0.05, 0.1) is 0 Å². The molecule has 3 rings (SSSR count). The minimum atomic E-state index is 1.13. The Labute approximate surface area is 84.0 Å². The number of fused-ring (bicyclic) bond motifs is 3. The fraction of sp³-hybridized carbons (Fsp3) is 0.231. The number of aromatic nitrogens is 1. The van der Waals surface area contributed by atoms with E-state index in [1.807, 2.05) is 0 Å². The van der Waals surface area contributed by atoms with Crippen LogP contribution < -0.4 is 0 Å². The molecule has 2 heterocycles. The van der Waals surface area contributed by atoms with Gasteiger partial charge in [-0.2, -0.15) is 0 Å². The summed E-state index contributed by atoms with van der Waals surface area (Å²) >= 11 is 0. The van der Waals surface area contributed by atoms with Crippen LogP contribution in [-0.2, 0) is 13.0 Å². The van der Waals surface area contributed by atoms with Crippen molar-refractivity contribution in [1.29, 1.82) is 0 Å². The first-order valence-corrected chi connectivity index (χ1v) is 5.09. The maximum absolute atomic E-state index is 2.36. The summed E-state index contributed by atoms with van der Waals surface area (Å²) in [5, 5.41) is 0. The Kier molecular flexibility index (Phi) is 1.54. The molecule has 0 atom stereocenters. The standard InChI is InChI=1S/C13H13N/c1-10-8-13-12-5-3-2-4-11(12)6-7-14(13)9-10/h2-5,8-9H,6-7H2,1H3. The van der Waals surface area contributed by atoms with E-state index in [1.54, 1.807) is 0 Å². The maximum atomic E-state index is 2.36. The molecule has 0 fully saturated rings. The summed E-state index contributed by atoms with van der Waals surface area (Å²) in [6.45, 7) is 3.29. The third kappa shape index (κ3) is 1.02. The van der Waals surface area contributed by atoms with E-state index in [0.717, 1.165) is 13.0 Å². The smallest absolute Gasteiger partial charge is 0.0485 e. The van der Waals surface area contributed by atoms with E-state index in [2.05, 4.69) is 48.0 Å². The minimum absolute atomic E-state index is 1.13. The van der Waals surface area contributed by atoms with E-state index in [-0.39, 0.29) is 0 Å². The molecule has 0 unspecified atom stereocenters. The van der Waals surface area contributed by atoms with Crippen LogP contribution in [0.25, 0.3) is 11.3 Å². The molecular weight excluding hydrogens is 170 g/mol. The molecular formula is C13H13N. The van der Waals surface area contributed by atoms with Crippen molar-refractivity contribution >= 4 is 0 Å². The van der Waals surface area contributed by atoms with Crippen LogP contribution in [0.5, 0.6) is 0 Å². The number of aryl methyl sites for hydroxylation is 3. The molecule has 1 heteroatoms. The zero-order valence-electron chi connectivity index (χ0n) is 8.33. The van der Waals surface area contributed by atoms with Crippen molar-refractivity contribution in [3.8, 4) is 11.3 Å². The Balaban J connectivity index is 2.28. The largest absolute Gasteiger partial charge is 0.347 e. The second-order valence-corrected chi connectivity index (χ2v) is 4.00. The number of benzene rings is 1. The molecule has 1 nitrogen and oxygen atoms in total. The highest BCUT2D eigenvalue weighted by Gasteiger charge is 2.14. The Morgan fingerprint density at radius 3 is 3.00 bits per heavy atom. The molecule has 0 N–H and O–H groups in total. The average Bonchev–Trinajstić information content (AvgIpc) is 2.59. The first-order chi connectivity index (χ1) is 6.84. The van der Waals surface area contributed by atoms with Gasteiger partial charge in [0, 0.05) is 24.0 Å². The van der Waals surface area contributed by atoms with Gasteiger partial charge in [0.1, 0.15) is 0 Å². The van der Waals surface area contributed by atoms with Gasteiger partial charge in [0.2, 0.25) is 0 Å². The molecule has 2 aromatic rings. The number of rotatable bonds is 0. The molecule has 0 saturated carbocycles. The van der Waals surface area contributed by atoms with Gasteiger partial charge >= 0.3 is 0 Å². The van der Waals surface area contributed by atoms with Crippen LogP contribution in [0.3, 0.4) is 0 Å². The summed E-state index contributed by atoms with van der Waals surface area (Å²) in [4.78, 5) is 0. The summed E-state index contributed by atoms with van der Waals surface area (Å²) in [7, 11) is 0. The molecule has 1 aliphatic heterocycles. The normalized spacial score (nSPS) is 13.5. The van der Waals surface area contributed by atoms with E-state index < -0.39 is 0 Å². The fourth-order valence-corrected chi connectivity index (χ4v) is 2.30. The van der Waals surface area contributed by atoms with Gasteiger partial charge in [-0.1, -0.05) is 24.3 Å². The first-order valence-electron chi connectivity index (χ1n) is 5.09. The van der Waals surface area contributed by atoms with E-state index in [0.29, 0.717) is 0 Å². The van der Waals surface area contributed by atoms with Crippen LogP contribution in [0.2, 0.25) is 0 Å². The number of hydrogen-bond donors (Lipinski definition) is 0. The third-order valence-corrected chi connectivity index (χ3v) is 2.95. The van der Waals surface area contributed by atoms with Crippen molar-refractivity contribution in [3.05, 3.63) is 47.7 Å². The molecule has 1 aromatic heterocycles. The highest BCUT2D eigenvalue weighted by Crippen LogP contribution is 2.30. The summed E-state index contributed by atoms with van der Waals surface area (Å²) < 4.78 is 2.36. The lowest BCUT2D eigenvalue weighted by Gasteiger charge is -2.18. The molecule has 0 amide bonds. The number of hydrogen-bond acceptors (Lipinski definition) is 0. The van der Waals surface area contributed by atoms with Gasteiger partial charge in [-0.3, -0.25) is 0 Å².